The molecular weight excluding hydrogens is 194 g/mol. The molecule has 0 aliphatic heterocycles. The maximum Gasteiger partial charge on any atom is 0.331 e. The van der Waals surface area contributed by atoms with Gasteiger partial charge >= 0.3 is 5.97 Å². The predicted octanol–water partition coefficient (Wildman–Crippen LogP) is 1.41. The number of hydrogen-bond acceptors (Lipinski definition) is 3. The van der Waals surface area contributed by atoms with Crippen LogP contribution in [0.2, 0.25) is 0 Å². The molecule has 1 amide bonds. The van der Waals surface area contributed by atoms with E-state index in [2.05, 4.69) is 16.6 Å². The summed E-state index contributed by atoms with van der Waals surface area (Å²) in [6, 6.07) is 0. The Hall–Kier alpha value is -1.32. The third-order valence-electron chi connectivity index (χ3n) is 2.13. The monoisotopic (exact) mass is 213 g/mol. The predicted molar refractivity (Wildman–Crippen MR) is 58.3 cm³/mol. The van der Waals surface area contributed by atoms with Crippen LogP contribution in [-0.2, 0) is 14.3 Å². The van der Waals surface area contributed by atoms with Crippen LogP contribution >= 0.6 is 0 Å². The Labute approximate surface area is 90.7 Å². The molecule has 1 N–H and O–H groups in total. The van der Waals surface area contributed by atoms with Gasteiger partial charge in [-0.05, 0) is 13.3 Å². The minimum atomic E-state index is -0.927. The zero-order chi connectivity index (χ0) is 11.9. The Morgan fingerprint density at radius 2 is 2.13 bits per heavy atom. The van der Waals surface area contributed by atoms with Crippen LogP contribution in [0.25, 0.3) is 0 Å². The lowest BCUT2D eigenvalue weighted by Crippen LogP contribution is -2.52. The molecule has 0 saturated carbocycles. The van der Waals surface area contributed by atoms with Crippen LogP contribution in [0.5, 0.6) is 0 Å². The van der Waals surface area contributed by atoms with Crippen molar-refractivity contribution >= 4 is 11.9 Å². The molecule has 0 aromatic rings. The molecule has 0 radical (unpaired) electrons. The fourth-order valence-electron chi connectivity index (χ4n) is 1.43. The lowest BCUT2D eigenvalue weighted by atomic mass is 9.96. The van der Waals surface area contributed by atoms with E-state index in [-0.39, 0.29) is 12.3 Å². The van der Waals surface area contributed by atoms with Gasteiger partial charge in [-0.15, -0.1) is 6.58 Å². The van der Waals surface area contributed by atoms with Crippen molar-refractivity contribution in [1.29, 1.82) is 0 Å². The van der Waals surface area contributed by atoms with E-state index < -0.39 is 11.5 Å². The number of nitrogens with one attached hydrogen (secondary N) is 1. The SMILES string of the molecule is C=CCC(=O)NC(C)(CCC)C(=O)OC. The van der Waals surface area contributed by atoms with Crippen LogP contribution in [0.1, 0.15) is 33.1 Å². The van der Waals surface area contributed by atoms with Gasteiger partial charge in [-0.1, -0.05) is 19.4 Å². The van der Waals surface area contributed by atoms with Crippen LogP contribution in [0.15, 0.2) is 12.7 Å². The van der Waals surface area contributed by atoms with Crippen molar-refractivity contribution in [1.82, 2.24) is 5.32 Å². The molecule has 1 atom stereocenters. The van der Waals surface area contributed by atoms with Gasteiger partial charge < -0.3 is 10.1 Å². The Morgan fingerprint density at radius 1 is 1.53 bits per heavy atom. The average molecular weight is 213 g/mol. The first-order valence-corrected chi connectivity index (χ1v) is 5.00. The summed E-state index contributed by atoms with van der Waals surface area (Å²) < 4.78 is 4.67. The number of ether oxygens (including phenoxy) is 1. The van der Waals surface area contributed by atoms with Crippen LogP contribution in [0.4, 0.5) is 0 Å². The fourth-order valence-corrected chi connectivity index (χ4v) is 1.43. The van der Waals surface area contributed by atoms with Crippen molar-refractivity contribution in [2.75, 3.05) is 7.11 Å². The summed E-state index contributed by atoms with van der Waals surface area (Å²) in [7, 11) is 1.32. The van der Waals surface area contributed by atoms with E-state index in [0.717, 1.165) is 6.42 Å². The summed E-state index contributed by atoms with van der Waals surface area (Å²) in [4.78, 5) is 22.9. The van der Waals surface area contributed by atoms with Crippen molar-refractivity contribution in [2.45, 2.75) is 38.6 Å². The molecule has 0 fully saturated rings. The molecule has 0 spiro atoms. The second-order valence-corrected chi connectivity index (χ2v) is 3.61. The summed E-state index contributed by atoms with van der Waals surface area (Å²) in [5, 5.41) is 2.66. The fraction of sp³-hybridized carbons (Fsp3) is 0.636. The van der Waals surface area contributed by atoms with Crippen molar-refractivity contribution < 1.29 is 14.3 Å². The molecular formula is C11H19NO3. The maximum absolute atomic E-state index is 11.5. The lowest BCUT2D eigenvalue weighted by Gasteiger charge is -2.27. The Bertz CT molecular complexity index is 250. The summed E-state index contributed by atoms with van der Waals surface area (Å²) in [5.41, 5.74) is -0.927. The highest BCUT2D eigenvalue weighted by atomic mass is 16.5. The van der Waals surface area contributed by atoms with E-state index in [4.69, 9.17) is 0 Å². The lowest BCUT2D eigenvalue weighted by molar-refractivity contribution is -0.150. The number of methoxy groups -OCH3 is 1. The smallest absolute Gasteiger partial charge is 0.331 e. The Balaban J connectivity index is 4.56. The topological polar surface area (TPSA) is 55.4 Å². The average Bonchev–Trinajstić information content (AvgIpc) is 2.17. The number of amides is 1. The number of esters is 1. The quantitative estimate of drug-likeness (QED) is 0.536. The molecule has 86 valence electrons. The van der Waals surface area contributed by atoms with Crippen molar-refractivity contribution in [3.8, 4) is 0 Å². The first-order chi connectivity index (χ1) is 7.00. The number of rotatable bonds is 6. The van der Waals surface area contributed by atoms with Gasteiger partial charge in [-0.2, -0.15) is 0 Å². The van der Waals surface area contributed by atoms with E-state index in [9.17, 15) is 9.59 Å². The maximum atomic E-state index is 11.5. The second kappa shape index (κ2) is 6.22. The molecule has 0 aromatic heterocycles. The highest BCUT2D eigenvalue weighted by molar-refractivity contribution is 5.88. The molecule has 0 aliphatic rings. The molecule has 0 aliphatic carbocycles. The molecule has 0 bridgehead atoms. The second-order valence-electron chi connectivity index (χ2n) is 3.61. The number of hydrogen-bond donors (Lipinski definition) is 1. The largest absolute Gasteiger partial charge is 0.467 e. The van der Waals surface area contributed by atoms with E-state index >= 15 is 0 Å². The van der Waals surface area contributed by atoms with Gasteiger partial charge in [0.15, 0.2) is 0 Å². The highest BCUT2D eigenvalue weighted by Crippen LogP contribution is 2.14. The number of carbonyl (C=O) groups is 2. The van der Waals surface area contributed by atoms with Gasteiger partial charge in [-0.25, -0.2) is 4.79 Å². The van der Waals surface area contributed by atoms with Gasteiger partial charge in [0.2, 0.25) is 5.91 Å². The summed E-state index contributed by atoms with van der Waals surface area (Å²) in [6.07, 6.45) is 3.05. The van der Waals surface area contributed by atoms with Gasteiger partial charge in [0.05, 0.1) is 7.11 Å². The third kappa shape index (κ3) is 4.14. The highest BCUT2D eigenvalue weighted by Gasteiger charge is 2.34. The van der Waals surface area contributed by atoms with Crippen LogP contribution < -0.4 is 5.32 Å². The minimum absolute atomic E-state index is 0.205. The van der Waals surface area contributed by atoms with E-state index in [1.54, 1.807) is 6.92 Å². The van der Waals surface area contributed by atoms with Gasteiger partial charge in [0.25, 0.3) is 0 Å². The van der Waals surface area contributed by atoms with Crippen molar-refractivity contribution in [3.05, 3.63) is 12.7 Å². The summed E-state index contributed by atoms with van der Waals surface area (Å²) in [6.45, 7) is 7.08. The summed E-state index contributed by atoms with van der Waals surface area (Å²) >= 11 is 0. The Kier molecular flexibility index (Phi) is 5.67. The molecule has 0 heterocycles. The van der Waals surface area contributed by atoms with Gasteiger partial charge in [-0.3, -0.25) is 4.79 Å². The molecule has 0 saturated heterocycles. The van der Waals surface area contributed by atoms with Crippen LogP contribution in [-0.4, -0.2) is 24.5 Å². The molecule has 4 heteroatoms. The van der Waals surface area contributed by atoms with Crippen LogP contribution in [0.3, 0.4) is 0 Å². The van der Waals surface area contributed by atoms with Gasteiger partial charge in [0, 0.05) is 6.42 Å². The molecule has 4 nitrogen and oxygen atoms in total. The van der Waals surface area contributed by atoms with E-state index in [1.807, 2.05) is 6.92 Å². The minimum Gasteiger partial charge on any atom is -0.467 e. The molecule has 1 unspecified atom stereocenters. The van der Waals surface area contributed by atoms with E-state index in [1.165, 1.54) is 13.2 Å². The molecule has 0 aromatic carbocycles. The zero-order valence-corrected chi connectivity index (χ0v) is 9.63. The standard InChI is InChI=1S/C11H19NO3/c1-5-7-9(13)12-11(3,8-6-2)10(14)15-4/h5H,1,6-8H2,2-4H3,(H,12,13). The van der Waals surface area contributed by atoms with Crippen molar-refractivity contribution in [2.24, 2.45) is 0 Å². The summed E-state index contributed by atoms with van der Waals surface area (Å²) in [5.74, 6) is -0.631. The molecule has 15 heavy (non-hydrogen) atoms. The first-order valence-electron chi connectivity index (χ1n) is 5.00. The van der Waals surface area contributed by atoms with E-state index in [0.29, 0.717) is 6.42 Å². The number of carbonyl (C=O) groups excluding carboxylic acids is 2. The van der Waals surface area contributed by atoms with Crippen molar-refractivity contribution in [3.63, 3.8) is 0 Å². The molecule has 0 rings (SSSR count). The Morgan fingerprint density at radius 3 is 2.53 bits per heavy atom. The first kappa shape index (κ1) is 13.7. The van der Waals surface area contributed by atoms with Gasteiger partial charge in [0.1, 0.15) is 5.54 Å². The zero-order valence-electron chi connectivity index (χ0n) is 9.63. The third-order valence-corrected chi connectivity index (χ3v) is 2.13. The van der Waals surface area contributed by atoms with Crippen LogP contribution in [0, 0.1) is 0 Å². The normalized spacial score (nSPS) is 13.8.